The third-order valence-corrected chi connectivity index (χ3v) is 2.57. The average molecular weight is 214 g/mol. The zero-order chi connectivity index (χ0) is 11.5. The summed E-state index contributed by atoms with van der Waals surface area (Å²) >= 11 is 0. The topological polar surface area (TPSA) is 34.9 Å². The lowest BCUT2D eigenvalue weighted by Gasteiger charge is -1.94. The summed E-state index contributed by atoms with van der Waals surface area (Å²) in [5.41, 5.74) is 1.91. The number of carbonyl (C=O) groups excluding carboxylic acids is 1. The third kappa shape index (κ3) is 1.89. The van der Waals surface area contributed by atoms with E-state index >= 15 is 0 Å². The van der Waals surface area contributed by atoms with Crippen molar-refractivity contribution < 1.29 is 4.79 Å². The van der Waals surface area contributed by atoms with Gasteiger partial charge in [-0.1, -0.05) is 24.3 Å². The Morgan fingerprint density at radius 2 is 2.25 bits per heavy atom. The molecule has 0 bridgehead atoms. The van der Waals surface area contributed by atoms with Crippen molar-refractivity contribution in [3.05, 3.63) is 42.6 Å². The number of hydrogen-bond donors (Lipinski definition) is 0. The molecule has 0 saturated carbocycles. The van der Waals surface area contributed by atoms with Crippen molar-refractivity contribution in [2.24, 2.45) is 7.05 Å². The molecule has 1 aromatic heterocycles. The molecule has 2 aromatic rings. The fourth-order valence-corrected chi connectivity index (χ4v) is 1.84. The molecule has 0 radical (unpaired) electrons. The highest BCUT2D eigenvalue weighted by atomic mass is 16.1. The predicted molar refractivity (Wildman–Crippen MR) is 64.2 cm³/mol. The van der Waals surface area contributed by atoms with E-state index < -0.39 is 0 Å². The Bertz CT molecular complexity index is 540. The van der Waals surface area contributed by atoms with Crippen LogP contribution < -0.4 is 0 Å². The van der Waals surface area contributed by atoms with Gasteiger partial charge in [0.25, 0.3) is 0 Å². The molecule has 1 aromatic carbocycles. The number of aromatic nitrogens is 2. The Morgan fingerprint density at radius 1 is 1.50 bits per heavy atom. The largest absolute Gasteiger partial charge is 0.299 e. The summed E-state index contributed by atoms with van der Waals surface area (Å²) < 4.78 is 1.81. The van der Waals surface area contributed by atoms with Crippen LogP contribution in [0.4, 0.5) is 0 Å². The summed E-state index contributed by atoms with van der Waals surface area (Å²) in [6, 6.07) is 7.94. The van der Waals surface area contributed by atoms with Crippen molar-refractivity contribution in [3.8, 4) is 0 Å². The molecule has 0 fully saturated rings. The van der Waals surface area contributed by atoms with Gasteiger partial charge in [-0.2, -0.15) is 5.10 Å². The van der Waals surface area contributed by atoms with Gasteiger partial charge in [-0.25, -0.2) is 0 Å². The van der Waals surface area contributed by atoms with E-state index in [9.17, 15) is 4.79 Å². The lowest BCUT2D eigenvalue weighted by atomic mass is 10.1. The Kier molecular flexibility index (Phi) is 2.86. The van der Waals surface area contributed by atoms with Crippen molar-refractivity contribution >= 4 is 16.7 Å². The number of rotatable bonds is 4. The average Bonchev–Trinajstić information content (AvgIpc) is 2.57. The van der Waals surface area contributed by atoms with Gasteiger partial charge in [0.1, 0.15) is 5.78 Å². The normalized spacial score (nSPS) is 10.6. The van der Waals surface area contributed by atoms with Gasteiger partial charge < -0.3 is 0 Å². The van der Waals surface area contributed by atoms with Gasteiger partial charge >= 0.3 is 0 Å². The number of ketones is 1. The van der Waals surface area contributed by atoms with Crippen LogP contribution in [0.3, 0.4) is 0 Å². The van der Waals surface area contributed by atoms with Crippen LogP contribution in [-0.2, 0) is 18.3 Å². The first kappa shape index (κ1) is 10.6. The zero-order valence-corrected chi connectivity index (χ0v) is 9.31. The summed E-state index contributed by atoms with van der Waals surface area (Å²) in [5.74, 6) is 0.152. The van der Waals surface area contributed by atoms with E-state index in [1.54, 1.807) is 6.08 Å². The van der Waals surface area contributed by atoms with E-state index in [1.165, 1.54) is 0 Å². The quantitative estimate of drug-likeness (QED) is 0.732. The standard InChI is InChI=1S/C13H14N2O/c1-3-6-10(16)9-12-11-7-4-5-8-13(11)15(2)14-12/h3-5,7-8H,1,6,9H2,2H3. The van der Waals surface area contributed by atoms with Crippen molar-refractivity contribution in [1.29, 1.82) is 0 Å². The van der Waals surface area contributed by atoms with Crippen molar-refractivity contribution in [1.82, 2.24) is 9.78 Å². The van der Waals surface area contributed by atoms with Gasteiger partial charge in [0.05, 0.1) is 17.6 Å². The van der Waals surface area contributed by atoms with Crippen LogP contribution in [0.15, 0.2) is 36.9 Å². The number of fused-ring (bicyclic) bond motifs is 1. The minimum atomic E-state index is 0.152. The lowest BCUT2D eigenvalue weighted by molar-refractivity contribution is -0.117. The maximum atomic E-state index is 11.5. The van der Waals surface area contributed by atoms with Gasteiger partial charge in [-0.05, 0) is 6.07 Å². The molecule has 0 aliphatic carbocycles. The molecule has 0 atom stereocenters. The number of para-hydroxylation sites is 1. The van der Waals surface area contributed by atoms with Crippen LogP contribution in [0.1, 0.15) is 12.1 Å². The van der Waals surface area contributed by atoms with Gasteiger partial charge in [-0.15, -0.1) is 6.58 Å². The Hall–Kier alpha value is -1.90. The second-order valence-corrected chi connectivity index (χ2v) is 3.80. The molecule has 82 valence electrons. The van der Waals surface area contributed by atoms with Gasteiger partial charge in [0, 0.05) is 18.9 Å². The molecule has 0 N–H and O–H groups in total. The molecule has 3 heteroatoms. The molecule has 1 heterocycles. The summed E-state index contributed by atoms with van der Waals surface area (Å²) in [4.78, 5) is 11.5. The molecular weight excluding hydrogens is 200 g/mol. The number of nitrogens with zero attached hydrogens (tertiary/aromatic N) is 2. The van der Waals surface area contributed by atoms with Crippen LogP contribution in [0.5, 0.6) is 0 Å². The maximum Gasteiger partial charge on any atom is 0.142 e. The van der Waals surface area contributed by atoms with Gasteiger partial charge in [0.15, 0.2) is 0 Å². The number of Topliss-reactive ketones (excluding diaryl/α,β-unsaturated/α-hetero) is 1. The monoisotopic (exact) mass is 214 g/mol. The summed E-state index contributed by atoms with van der Waals surface area (Å²) in [6.45, 7) is 3.56. The molecule has 0 unspecified atom stereocenters. The number of carbonyl (C=O) groups is 1. The molecule has 0 aliphatic heterocycles. The Labute approximate surface area is 94.4 Å². The van der Waals surface area contributed by atoms with Crippen LogP contribution in [0.25, 0.3) is 10.9 Å². The molecule has 0 amide bonds. The highest BCUT2D eigenvalue weighted by molar-refractivity contribution is 5.89. The number of aryl methyl sites for hydroxylation is 1. The van der Waals surface area contributed by atoms with Crippen LogP contribution in [0, 0.1) is 0 Å². The maximum absolute atomic E-state index is 11.5. The molecule has 0 aliphatic rings. The van der Waals surface area contributed by atoms with Crippen molar-refractivity contribution in [3.63, 3.8) is 0 Å². The Morgan fingerprint density at radius 3 is 3.00 bits per heavy atom. The first-order valence-electron chi connectivity index (χ1n) is 5.25. The highest BCUT2D eigenvalue weighted by Crippen LogP contribution is 2.18. The minimum absolute atomic E-state index is 0.152. The number of hydrogen-bond acceptors (Lipinski definition) is 2. The second-order valence-electron chi connectivity index (χ2n) is 3.80. The number of benzene rings is 1. The van der Waals surface area contributed by atoms with Crippen LogP contribution >= 0.6 is 0 Å². The van der Waals surface area contributed by atoms with E-state index in [-0.39, 0.29) is 5.78 Å². The van der Waals surface area contributed by atoms with E-state index in [2.05, 4.69) is 11.7 Å². The highest BCUT2D eigenvalue weighted by Gasteiger charge is 2.10. The SMILES string of the molecule is C=CCC(=O)Cc1nn(C)c2ccccc12. The minimum Gasteiger partial charge on any atom is -0.299 e. The van der Waals surface area contributed by atoms with Gasteiger partial charge in [-0.3, -0.25) is 9.48 Å². The first-order chi connectivity index (χ1) is 7.72. The number of allylic oxidation sites excluding steroid dienone is 1. The molecule has 0 saturated heterocycles. The summed E-state index contributed by atoms with van der Waals surface area (Å²) in [6.07, 6.45) is 2.42. The molecule has 3 nitrogen and oxygen atoms in total. The lowest BCUT2D eigenvalue weighted by Crippen LogP contribution is -2.02. The second kappa shape index (κ2) is 4.31. The summed E-state index contributed by atoms with van der Waals surface area (Å²) in [5, 5.41) is 5.43. The van der Waals surface area contributed by atoms with E-state index in [0.717, 1.165) is 16.6 Å². The first-order valence-corrected chi connectivity index (χ1v) is 5.25. The van der Waals surface area contributed by atoms with Gasteiger partial charge in [0.2, 0.25) is 0 Å². The predicted octanol–water partition coefficient (Wildman–Crippen LogP) is 2.26. The van der Waals surface area contributed by atoms with Crippen molar-refractivity contribution in [2.75, 3.05) is 0 Å². The molecule has 0 spiro atoms. The zero-order valence-electron chi connectivity index (χ0n) is 9.31. The molecule has 16 heavy (non-hydrogen) atoms. The van der Waals surface area contributed by atoms with E-state index in [1.807, 2.05) is 36.0 Å². The van der Waals surface area contributed by atoms with Crippen LogP contribution in [0.2, 0.25) is 0 Å². The van der Waals surface area contributed by atoms with E-state index in [4.69, 9.17) is 0 Å². The smallest absolute Gasteiger partial charge is 0.142 e. The summed E-state index contributed by atoms with van der Waals surface area (Å²) in [7, 11) is 1.89. The van der Waals surface area contributed by atoms with Crippen molar-refractivity contribution in [2.45, 2.75) is 12.8 Å². The third-order valence-electron chi connectivity index (χ3n) is 2.57. The van der Waals surface area contributed by atoms with E-state index in [0.29, 0.717) is 12.8 Å². The fraction of sp³-hybridized carbons (Fsp3) is 0.231. The molecular formula is C13H14N2O. The molecule has 2 rings (SSSR count). The fourth-order valence-electron chi connectivity index (χ4n) is 1.84. The Balaban J connectivity index is 2.38. The van der Waals surface area contributed by atoms with Crippen LogP contribution in [-0.4, -0.2) is 15.6 Å².